The minimum Gasteiger partial charge on any atom is -0.0885 e. The van der Waals surface area contributed by atoms with Crippen LogP contribution in [0.1, 0.15) is 116 Å². The van der Waals surface area contributed by atoms with Crippen molar-refractivity contribution in [1.82, 2.24) is 0 Å². The van der Waals surface area contributed by atoms with Gasteiger partial charge in [-0.25, -0.2) is 0 Å². The van der Waals surface area contributed by atoms with Crippen molar-refractivity contribution in [2.45, 2.75) is 116 Å². The lowest BCUT2D eigenvalue weighted by Crippen LogP contribution is -1.82. The molecule has 22 heavy (non-hydrogen) atoms. The highest BCUT2D eigenvalue weighted by Crippen LogP contribution is 2.13. The summed E-state index contributed by atoms with van der Waals surface area (Å²) in [6.45, 7) is 0. The Morgan fingerprint density at radius 3 is 0.636 bits per heavy atom. The van der Waals surface area contributed by atoms with E-state index < -0.39 is 0 Å². The minimum atomic E-state index is 1.31. The highest BCUT2D eigenvalue weighted by Gasteiger charge is 1.93. The van der Waals surface area contributed by atoms with Crippen molar-refractivity contribution in [3.8, 4) is 0 Å². The van der Waals surface area contributed by atoms with Gasteiger partial charge in [-0.15, -0.1) is 0 Å². The van der Waals surface area contributed by atoms with Gasteiger partial charge in [0.25, 0.3) is 0 Å². The lowest BCUT2D eigenvalue weighted by molar-refractivity contribution is 0.578. The Hall–Kier alpha value is -0.520. The lowest BCUT2D eigenvalue weighted by Gasteiger charge is -2.02. The average Bonchev–Trinajstić information content (AvgIpc) is 2.53. The normalized spacial score (nSPS) is 24.0. The van der Waals surface area contributed by atoms with Gasteiger partial charge in [0, 0.05) is 0 Å². The Bertz CT molecular complexity index is 209. The lowest BCUT2D eigenvalue weighted by atomic mass is 10.0. The van der Waals surface area contributed by atoms with E-state index in [1.54, 1.807) is 0 Å². The molecule has 0 radical (unpaired) electrons. The second kappa shape index (κ2) is 16.8. The SMILES string of the molecule is C1=CCCCCCCCCC/C=C/CCCCCCCCC1. The molecule has 0 aromatic carbocycles. The Morgan fingerprint density at radius 2 is 0.409 bits per heavy atom. The van der Waals surface area contributed by atoms with Crippen LogP contribution in [0.25, 0.3) is 0 Å². The summed E-state index contributed by atoms with van der Waals surface area (Å²) in [6.07, 6.45) is 35.0. The van der Waals surface area contributed by atoms with Crippen molar-refractivity contribution in [1.29, 1.82) is 0 Å². The van der Waals surface area contributed by atoms with Crippen LogP contribution < -0.4 is 0 Å². The highest BCUT2D eigenvalue weighted by atomic mass is 14.0. The van der Waals surface area contributed by atoms with E-state index in [2.05, 4.69) is 24.3 Å². The second-order valence-corrected chi connectivity index (χ2v) is 7.05. The molecule has 128 valence electrons. The van der Waals surface area contributed by atoms with Gasteiger partial charge in [-0.3, -0.25) is 0 Å². The van der Waals surface area contributed by atoms with Gasteiger partial charge >= 0.3 is 0 Å². The molecule has 0 nitrogen and oxygen atoms in total. The Labute approximate surface area is 140 Å². The molecule has 0 saturated heterocycles. The molecule has 0 aromatic heterocycles. The fourth-order valence-electron chi connectivity index (χ4n) is 3.29. The van der Waals surface area contributed by atoms with Gasteiger partial charge in [-0.2, -0.15) is 0 Å². The molecule has 0 heteroatoms. The van der Waals surface area contributed by atoms with Gasteiger partial charge < -0.3 is 0 Å². The zero-order valence-corrected chi connectivity index (χ0v) is 15.0. The largest absolute Gasteiger partial charge is 0.0885 e. The summed E-state index contributed by atoms with van der Waals surface area (Å²) in [7, 11) is 0. The van der Waals surface area contributed by atoms with Crippen LogP contribution in [0, 0.1) is 0 Å². The van der Waals surface area contributed by atoms with Crippen LogP contribution in [0.3, 0.4) is 0 Å². The topological polar surface area (TPSA) is 0 Å². The summed E-state index contributed by atoms with van der Waals surface area (Å²) >= 11 is 0. The van der Waals surface area contributed by atoms with Crippen LogP contribution >= 0.6 is 0 Å². The molecule has 0 bridgehead atoms. The number of rotatable bonds is 0. The Morgan fingerprint density at radius 1 is 0.227 bits per heavy atom. The van der Waals surface area contributed by atoms with E-state index in [9.17, 15) is 0 Å². The predicted molar refractivity (Wildman–Crippen MR) is 101 cm³/mol. The fourth-order valence-corrected chi connectivity index (χ4v) is 3.29. The summed E-state index contributed by atoms with van der Waals surface area (Å²) in [4.78, 5) is 0. The van der Waals surface area contributed by atoms with Crippen LogP contribution in [-0.4, -0.2) is 0 Å². The van der Waals surface area contributed by atoms with E-state index in [1.165, 1.54) is 116 Å². The zero-order chi connectivity index (χ0) is 15.6. The van der Waals surface area contributed by atoms with E-state index in [1.807, 2.05) is 0 Å². The zero-order valence-electron chi connectivity index (χ0n) is 15.0. The van der Waals surface area contributed by atoms with Gasteiger partial charge in [0.1, 0.15) is 0 Å². The maximum Gasteiger partial charge on any atom is -0.0351 e. The van der Waals surface area contributed by atoms with Gasteiger partial charge in [-0.1, -0.05) is 88.5 Å². The van der Waals surface area contributed by atoms with Crippen LogP contribution in [0.2, 0.25) is 0 Å². The molecule has 0 atom stereocenters. The van der Waals surface area contributed by atoms with Crippen molar-refractivity contribution in [3.05, 3.63) is 24.3 Å². The van der Waals surface area contributed by atoms with Crippen LogP contribution in [0.4, 0.5) is 0 Å². The van der Waals surface area contributed by atoms with Crippen LogP contribution in [0.5, 0.6) is 0 Å². The molecule has 0 saturated carbocycles. The summed E-state index contributed by atoms with van der Waals surface area (Å²) in [5, 5.41) is 0. The smallest absolute Gasteiger partial charge is 0.0351 e. The van der Waals surface area contributed by atoms with Gasteiger partial charge in [0.05, 0.1) is 0 Å². The highest BCUT2D eigenvalue weighted by molar-refractivity contribution is 4.82. The standard InChI is InChI=1S/C22H40/c1-2-4-6-8-10-12-14-16-18-20-22-21-19-17-15-13-11-9-7-5-3-1/h1-2,21-22H,3-20H2/b2-1+,22-21?. The van der Waals surface area contributed by atoms with Gasteiger partial charge in [-0.05, 0) is 51.4 Å². The molecule has 0 spiro atoms. The van der Waals surface area contributed by atoms with Crippen molar-refractivity contribution >= 4 is 0 Å². The van der Waals surface area contributed by atoms with E-state index in [0.29, 0.717) is 0 Å². The molecular weight excluding hydrogens is 264 g/mol. The van der Waals surface area contributed by atoms with Crippen molar-refractivity contribution in [3.63, 3.8) is 0 Å². The first-order chi connectivity index (χ1) is 11.0. The van der Waals surface area contributed by atoms with Crippen LogP contribution in [0.15, 0.2) is 24.3 Å². The quantitative estimate of drug-likeness (QED) is 0.396. The summed E-state index contributed by atoms with van der Waals surface area (Å²) < 4.78 is 0. The first-order valence-corrected chi connectivity index (χ1v) is 10.3. The van der Waals surface area contributed by atoms with Gasteiger partial charge in [0.15, 0.2) is 0 Å². The molecule has 0 fully saturated rings. The first-order valence-electron chi connectivity index (χ1n) is 10.3. The van der Waals surface area contributed by atoms with Crippen molar-refractivity contribution in [2.24, 2.45) is 0 Å². The Balaban J connectivity index is 2.10. The third-order valence-electron chi connectivity index (χ3n) is 4.82. The molecule has 0 amide bonds. The number of hydrogen-bond acceptors (Lipinski definition) is 0. The van der Waals surface area contributed by atoms with E-state index in [0.717, 1.165) is 0 Å². The number of hydrogen-bond donors (Lipinski definition) is 0. The van der Waals surface area contributed by atoms with Gasteiger partial charge in [0.2, 0.25) is 0 Å². The van der Waals surface area contributed by atoms with E-state index in [-0.39, 0.29) is 0 Å². The maximum atomic E-state index is 2.43. The monoisotopic (exact) mass is 304 g/mol. The average molecular weight is 305 g/mol. The third kappa shape index (κ3) is 14.4. The summed E-state index contributed by atoms with van der Waals surface area (Å²) in [5.41, 5.74) is 0. The summed E-state index contributed by atoms with van der Waals surface area (Å²) in [5.74, 6) is 0. The van der Waals surface area contributed by atoms with E-state index >= 15 is 0 Å². The second-order valence-electron chi connectivity index (χ2n) is 7.05. The van der Waals surface area contributed by atoms with Crippen molar-refractivity contribution < 1.29 is 0 Å². The Kier molecular flexibility index (Phi) is 15.0. The van der Waals surface area contributed by atoms with E-state index in [4.69, 9.17) is 0 Å². The molecule has 1 rings (SSSR count). The molecule has 0 unspecified atom stereocenters. The molecule has 0 heterocycles. The predicted octanol–water partition coefficient (Wildman–Crippen LogP) is 8.13. The molecule has 0 aliphatic heterocycles. The first kappa shape index (κ1) is 19.5. The fraction of sp³-hybridized carbons (Fsp3) is 0.818. The molecular formula is C22H40. The van der Waals surface area contributed by atoms with Crippen LogP contribution in [-0.2, 0) is 0 Å². The number of allylic oxidation sites excluding steroid dienone is 4. The third-order valence-corrected chi connectivity index (χ3v) is 4.82. The molecule has 1 aliphatic rings. The molecule has 0 N–H and O–H groups in total. The maximum absolute atomic E-state index is 2.43. The molecule has 1 aliphatic carbocycles. The molecule has 0 aromatic rings. The summed E-state index contributed by atoms with van der Waals surface area (Å²) in [6, 6.07) is 0. The van der Waals surface area contributed by atoms with Crippen molar-refractivity contribution in [2.75, 3.05) is 0 Å². The minimum absolute atomic E-state index is 1.31.